The van der Waals surface area contributed by atoms with E-state index in [0.717, 1.165) is 28.1 Å². The first kappa shape index (κ1) is 22.3. The number of aromatic nitrogens is 2. The second-order valence-corrected chi connectivity index (χ2v) is 11.9. The predicted molar refractivity (Wildman–Crippen MR) is 118 cm³/mol. The Kier molecular flexibility index (Phi) is 6.71. The zero-order chi connectivity index (χ0) is 21.3. The molecule has 3 heterocycles. The number of H-pyrrole nitrogens is 1. The Bertz CT molecular complexity index is 1080. The Morgan fingerprint density at radius 3 is 2.86 bits per heavy atom. The van der Waals surface area contributed by atoms with E-state index in [2.05, 4.69) is 15.3 Å². The second-order valence-electron chi connectivity index (χ2n) is 7.40. The van der Waals surface area contributed by atoms with Crippen molar-refractivity contribution in [3.05, 3.63) is 26.6 Å². The molecule has 1 amide bonds. The summed E-state index contributed by atoms with van der Waals surface area (Å²) in [6.45, 7) is 6.50. The number of hydrogen-bond donors (Lipinski definition) is 2. The lowest BCUT2D eigenvalue weighted by molar-refractivity contribution is -0.121. The molecule has 0 bridgehead atoms. The molecule has 1 fully saturated rings. The lowest BCUT2D eigenvalue weighted by Gasteiger charge is -2.31. The average Bonchev–Trinajstić information content (AvgIpc) is 2.93. The SMILES string of the molecule is Cc1sc2nc(CSC(C)C(=O)NC3CCCN(S(C)(=O)=O)C3)[nH]c(=O)c2c1C. The third-order valence-corrected chi connectivity index (χ3v) is 8.65. The average molecular weight is 459 g/mol. The van der Waals surface area contributed by atoms with Gasteiger partial charge in [-0.05, 0) is 39.2 Å². The van der Waals surface area contributed by atoms with E-state index in [1.165, 1.54) is 33.7 Å². The molecule has 11 heteroatoms. The summed E-state index contributed by atoms with van der Waals surface area (Å²) in [5, 5.41) is 3.24. The first-order valence-corrected chi connectivity index (χ1v) is 13.1. The largest absolute Gasteiger partial charge is 0.351 e. The number of carbonyl (C=O) groups excluding carboxylic acids is 1. The normalized spacial score (nSPS) is 19.4. The summed E-state index contributed by atoms with van der Waals surface area (Å²) in [7, 11) is -3.25. The van der Waals surface area contributed by atoms with Gasteiger partial charge in [-0.25, -0.2) is 17.7 Å². The number of amides is 1. The summed E-state index contributed by atoms with van der Waals surface area (Å²) in [5.41, 5.74) is 0.814. The number of hydrogen-bond acceptors (Lipinski definition) is 7. The fourth-order valence-electron chi connectivity index (χ4n) is 3.33. The molecule has 0 aliphatic carbocycles. The van der Waals surface area contributed by atoms with Gasteiger partial charge in [-0.3, -0.25) is 9.59 Å². The summed E-state index contributed by atoms with van der Waals surface area (Å²) in [6.07, 6.45) is 2.68. The van der Waals surface area contributed by atoms with Crippen molar-refractivity contribution in [2.45, 2.75) is 50.7 Å². The maximum atomic E-state index is 12.5. The highest BCUT2D eigenvalue weighted by Gasteiger charge is 2.28. The van der Waals surface area contributed by atoms with Crippen molar-refractivity contribution in [2.75, 3.05) is 19.3 Å². The summed E-state index contributed by atoms with van der Waals surface area (Å²) in [4.78, 5) is 34.0. The van der Waals surface area contributed by atoms with Crippen LogP contribution in [0.15, 0.2) is 4.79 Å². The van der Waals surface area contributed by atoms with E-state index in [1.807, 2.05) is 13.8 Å². The van der Waals surface area contributed by atoms with Crippen LogP contribution in [0.3, 0.4) is 0 Å². The number of rotatable bonds is 6. The molecule has 3 rings (SSSR count). The zero-order valence-electron chi connectivity index (χ0n) is 16.9. The lowest BCUT2D eigenvalue weighted by Crippen LogP contribution is -2.50. The Morgan fingerprint density at radius 1 is 1.45 bits per heavy atom. The van der Waals surface area contributed by atoms with Crippen LogP contribution in [0.5, 0.6) is 0 Å². The maximum absolute atomic E-state index is 12.5. The molecule has 1 aliphatic rings. The number of thiophene rings is 1. The van der Waals surface area contributed by atoms with Gasteiger partial charge in [0.25, 0.3) is 5.56 Å². The minimum absolute atomic E-state index is 0.137. The molecular formula is C18H26N4O4S3. The van der Waals surface area contributed by atoms with Crippen molar-refractivity contribution in [1.82, 2.24) is 19.6 Å². The molecule has 8 nitrogen and oxygen atoms in total. The van der Waals surface area contributed by atoms with E-state index in [0.29, 0.717) is 30.1 Å². The fourth-order valence-corrected chi connectivity index (χ4v) is 6.05. The molecule has 0 saturated carbocycles. The third kappa shape index (κ3) is 5.19. The van der Waals surface area contributed by atoms with Crippen LogP contribution in [0, 0.1) is 13.8 Å². The Morgan fingerprint density at radius 2 is 2.17 bits per heavy atom. The molecule has 1 saturated heterocycles. The Hall–Kier alpha value is -1.43. The van der Waals surface area contributed by atoms with E-state index < -0.39 is 10.0 Å². The molecule has 2 aromatic rings. The summed E-state index contributed by atoms with van der Waals surface area (Å²) in [5.74, 6) is 0.825. The molecule has 29 heavy (non-hydrogen) atoms. The van der Waals surface area contributed by atoms with Crippen molar-refractivity contribution in [1.29, 1.82) is 0 Å². The number of thioether (sulfide) groups is 1. The van der Waals surface area contributed by atoms with Gasteiger partial charge in [0.2, 0.25) is 15.9 Å². The number of sulfonamides is 1. The number of aromatic amines is 1. The topological polar surface area (TPSA) is 112 Å². The molecule has 160 valence electrons. The van der Waals surface area contributed by atoms with Crippen LogP contribution in [-0.4, -0.2) is 59.2 Å². The molecule has 0 radical (unpaired) electrons. The fraction of sp³-hybridized carbons (Fsp3) is 0.611. The predicted octanol–water partition coefficient (Wildman–Crippen LogP) is 1.76. The first-order chi connectivity index (χ1) is 13.6. The van der Waals surface area contributed by atoms with Gasteiger partial charge >= 0.3 is 0 Å². The minimum Gasteiger partial charge on any atom is -0.351 e. The highest BCUT2D eigenvalue weighted by atomic mass is 32.2. The minimum atomic E-state index is -3.25. The molecule has 2 N–H and O–H groups in total. The van der Waals surface area contributed by atoms with Gasteiger partial charge in [-0.15, -0.1) is 23.1 Å². The van der Waals surface area contributed by atoms with Crippen LogP contribution in [-0.2, 0) is 20.6 Å². The number of piperidine rings is 1. The molecule has 1 aliphatic heterocycles. The summed E-state index contributed by atoms with van der Waals surface area (Å²) < 4.78 is 24.9. The number of aryl methyl sites for hydroxylation is 2. The highest BCUT2D eigenvalue weighted by molar-refractivity contribution is 7.99. The number of carbonyl (C=O) groups is 1. The smallest absolute Gasteiger partial charge is 0.259 e. The molecule has 2 atom stereocenters. The Balaban J connectivity index is 1.59. The molecule has 2 aromatic heterocycles. The van der Waals surface area contributed by atoms with Crippen LogP contribution in [0.1, 0.15) is 36.0 Å². The molecule has 2 unspecified atom stereocenters. The monoisotopic (exact) mass is 458 g/mol. The van der Waals surface area contributed by atoms with Crippen LogP contribution in [0.4, 0.5) is 0 Å². The van der Waals surface area contributed by atoms with Crippen LogP contribution in [0.25, 0.3) is 10.2 Å². The summed E-state index contributed by atoms with van der Waals surface area (Å²) >= 11 is 2.89. The van der Waals surface area contributed by atoms with E-state index in [-0.39, 0.29) is 22.8 Å². The third-order valence-electron chi connectivity index (χ3n) is 5.13. The van der Waals surface area contributed by atoms with Crippen molar-refractivity contribution in [3.8, 4) is 0 Å². The van der Waals surface area contributed by atoms with Crippen molar-refractivity contribution >= 4 is 49.2 Å². The quantitative estimate of drug-likeness (QED) is 0.682. The molecule has 0 aromatic carbocycles. The van der Waals surface area contributed by atoms with Crippen molar-refractivity contribution in [3.63, 3.8) is 0 Å². The van der Waals surface area contributed by atoms with Crippen molar-refractivity contribution < 1.29 is 13.2 Å². The van der Waals surface area contributed by atoms with E-state index >= 15 is 0 Å². The van der Waals surface area contributed by atoms with Gasteiger partial charge in [0.15, 0.2) is 0 Å². The highest BCUT2D eigenvalue weighted by Crippen LogP contribution is 2.26. The second kappa shape index (κ2) is 8.75. The standard InChI is InChI=1S/C18H26N4O4S3/c1-10-11(2)28-18-15(10)17(24)20-14(21-18)9-27-12(3)16(23)19-13-6-5-7-22(8-13)29(4,25)26/h12-13H,5-9H2,1-4H3,(H,19,23)(H,20,21,24). The first-order valence-electron chi connectivity index (χ1n) is 9.42. The summed E-state index contributed by atoms with van der Waals surface area (Å²) in [6, 6.07) is -0.180. The number of nitrogens with one attached hydrogen (secondary N) is 2. The molecule has 0 spiro atoms. The van der Waals surface area contributed by atoms with Gasteiger partial charge in [0, 0.05) is 24.0 Å². The Labute approximate surface area is 178 Å². The number of fused-ring (bicyclic) bond motifs is 1. The van der Waals surface area contributed by atoms with Crippen LogP contribution in [0.2, 0.25) is 0 Å². The van der Waals surface area contributed by atoms with E-state index in [9.17, 15) is 18.0 Å². The van der Waals surface area contributed by atoms with Gasteiger partial charge in [0.1, 0.15) is 10.7 Å². The lowest BCUT2D eigenvalue weighted by atomic mass is 10.1. The van der Waals surface area contributed by atoms with Crippen LogP contribution < -0.4 is 10.9 Å². The number of nitrogens with zero attached hydrogens (tertiary/aromatic N) is 2. The van der Waals surface area contributed by atoms with Crippen molar-refractivity contribution in [2.24, 2.45) is 0 Å². The zero-order valence-corrected chi connectivity index (χ0v) is 19.4. The van der Waals surface area contributed by atoms with Gasteiger partial charge < -0.3 is 10.3 Å². The van der Waals surface area contributed by atoms with Gasteiger partial charge in [-0.1, -0.05) is 0 Å². The van der Waals surface area contributed by atoms with E-state index in [1.54, 1.807) is 6.92 Å². The maximum Gasteiger partial charge on any atom is 0.259 e. The van der Waals surface area contributed by atoms with Gasteiger partial charge in [-0.2, -0.15) is 0 Å². The molecular weight excluding hydrogens is 432 g/mol. The van der Waals surface area contributed by atoms with E-state index in [4.69, 9.17) is 0 Å². The van der Waals surface area contributed by atoms with Crippen LogP contribution >= 0.6 is 23.1 Å². The van der Waals surface area contributed by atoms with Gasteiger partial charge in [0.05, 0.1) is 22.6 Å².